The first-order valence-corrected chi connectivity index (χ1v) is 9.26. The fraction of sp³-hybridized carbons (Fsp3) is 0.0870. The van der Waals surface area contributed by atoms with Crippen LogP contribution in [-0.4, -0.2) is 15.0 Å². The molecule has 0 aliphatic heterocycles. The molecule has 0 atom stereocenters. The normalized spacial score (nSPS) is 9.93. The van der Waals surface area contributed by atoms with Gasteiger partial charge in [0.25, 0.3) is 0 Å². The van der Waals surface area contributed by atoms with Crippen LogP contribution in [0.5, 0.6) is 0 Å². The number of hydrogen-bond acceptors (Lipinski definition) is 6. The van der Waals surface area contributed by atoms with Gasteiger partial charge in [-0.2, -0.15) is 0 Å². The van der Waals surface area contributed by atoms with E-state index in [2.05, 4.69) is 44.1 Å². The number of nitrogen functional groups attached to an aromatic ring is 2. The van der Waals surface area contributed by atoms with Gasteiger partial charge in [-0.1, -0.05) is 60.7 Å². The third-order valence-corrected chi connectivity index (χ3v) is 4.13. The smallest absolute Gasteiger partial charge is 0.228 e. The summed E-state index contributed by atoms with van der Waals surface area (Å²) in [7, 11) is 0. The summed E-state index contributed by atoms with van der Waals surface area (Å²) in [5.41, 5.74) is 14.7. The molecule has 0 radical (unpaired) electrons. The first-order valence-electron chi connectivity index (χ1n) is 9.26. The fourth-order valence-corrected chi connectivity index (χ4v) is 2.70. The van der Waals surface area contributed by atoms with E-state index in [0.717, 1.165) is 24.5 Å². The van der Waals surface area contributed by atoms with Crippen LogP contribution in [0, 0.1) is 0 Å². The van der Waals surface area contributed by atoms with Gasteiger partial charge < -0.3 is 16.4 Å². The summed E-state index contributed by atoms with van der Waals surface area (Å²) in [6.45, 7) is 1.53. The van der Waals surface area contributed by atoms with E-state index in [0.29, 0.717) is 5.95 Å². The minimum absolute atomic E-state index is 0.692. The minimum Gasteiger partial charge on any atom is -0.399 e. The molecule has 6 heteroatoms. The van der Waals surface area contributed by atoms with Gasteiger partial charge in [0.05, 0.1) is 0 Å². The number of anilines is 3. The molecule has 4 N–H and O–H groups in total. The maximum Gasteiger partial charge on any atom is 0.228 e. The van der Waals surface area contributed by atoms with Gasteiger partial charge in [0.1, 0.15) is 12.7 Å². The van der Waals surface area contributed by atoms with Crippen LogP contribution in [0.3, 0.4) is 0 Å². The van der Waals surface area contributed by atoms with Crippen LogP contribution in [-0.2, 0) is 13.1 Å². The predicted octanol–water partition coefficient (Wildman–Crippen LogP) is 3.93. The Bertz CT molecular complexity index is 898. The Balaban J connectivity index is 0.000000252. The summed E-state index contributed by atoms with van der Waals surface area (Å²) in [4.78, 5) is 14.6. The van der Waals surface area contributed by atoms with Crippen molar-refractivity contribution in [3.63, 3.8) is 0 Å². The second-order valence-corrected chi connectivity index (χ2v) is 6.43. The van der Waals surface area contributed by atoms with Crippen molar-refractivity contribution in [3.05, 3.63) is 109 Å². The summed E-state index contributed by atoms with van der Waals surface area (Å²) < 4.78 is 0. The van der Waals surface area contributed by atoms with E-state index in [1.54, 1.807) is 24.3 Å². The predicted molar refractivity (Wildman–Crippen MR) is 118 cm³/mol. The van der Waals surface area contributed by atoms with Gasteiger partial charge >= 0.3 is 0 Å². The Morgan fingerprint density at radius 2 is 1.00 bits per heavy atom. The average Bonchev–Trinajstić information content (AvgIpc) is 2.78. The highest BCUT2D eigenvalue weighted by Gasteiger charge is 2.10. The van der Waals surface area contributed by atoms with Crippen LogP contribution in [0.4, 0.5) is 17.3 Å². The molecule has 0 fully saturated rings. The summed E-state index contributed by atoms with van der Waals surface area (Å²) in [5, 5.41) is 0. The van der Waals surface area contributed by atoms with Crippen molar-refractivity contribution in [3.8, 4) is 0 Å². The summed E-state index contributed by atoms with van der Waals surface area (Å²) in [6, 6.07) is 27.8. The van der Waals surface area contributed by atoms with Gasteiger partial charge in [-0.3, -0.25) is 0 Å². The highest BCUT2D eigenvalue weighted by atomic mass is 15.3. The van der Waals surface area contributed by atoms with Crippen LogP contribution in [0.25, 0.3) is 0 Å². The van der Waals surface area contributed by atoms with Crippen LogP contribution in [0.15, 0.2) is 97.6 Å². The van der Waals surface area contributed by atoms with Crippen molar-refractivity contribution in [1.82, 2.24) is 15.0 Å². The number of nitrogens with zero attached hydrogens (tertiary/aromatic N) is 4. The number of nitrogens with two attached hydrogens (primary N) is 2. The summed E-state index contributed by atoms with van der Waals surface area (Å²) in [5.74, 6) is 0.692. The molecule has 1 aromatic heterocycles. The van der Waals surface area contributed by atoms with Gasteiger partial charge in [0, 0.05) is 24.5 Å². The van der Waals surface area contributed by atoms with Crippen LogP contribution in [0.1, 0.15) is 11.1 Å². The lowest BCUT2D eigenvalue weighted by molar-refractivity contribution is 0.757. The standard InChI is InChI=1S/C17H16N4.C6H8N2/c1-3-7-15(8-4-1)11-21(17-19-13-18-14-20-17)12-16-9-5-2-6-10-16;7-5-1-2-6(8)4-3-5/h1-10,13-14H,11-12H2;1-4H,7-8H2. The van der Waals surface area contributed by atoms with E-state index in [1.165, 1.54) is 23.8 Å². The molecule has 0 spiro atoms. The van der Waals surface area contributed by atoms with Crippen molar-refractivity contribution in [2.24, 2.45) is 0 Å². The van der Waals surface area contributed by atoms with Crippen molar-refractivity contribution in [2.75, 3.05) is 16.4 Å². The van der Waals surface area contributed by atoms with Gasteiger partial charge in [-0.05, 0) is 35.4 Å². The molecular formula is C23H24N6. The number of hydrogen-bond donors (Lipinski definition) is 2. The quantitative estimate of drug-likeness (QED) is 0.506. The molecule has 3 aromatic carbocycles. The lowest BCUT2D eigenvalue weighted by Gasteiger charge is -2.22. The molecule has 0 saturated carbocycles. The van der Waals surface area contributed by atoms with Gasteiger partial charge in [-0.15, -0.1) is 0 Å². The van der Waals surface area contributed by atoms with E-state index >= 15 is 0 Å². The van der Waals surface area contributed by atoms with Gasteiger partial charge in [0.2, 0.25) is 5.95 Å². The third kappa shape index (κ3) is 6.62. The molecule has 0 amide bonds. The van der Waals surface area contributed by atoms with E-state index in [4.69, 9.17) is 11.5 Å². The molecule has 0 aliphatic rings. The van der Waals surface area contributed by atoms with E-state index in [1.807, 2.05) is 36.4 Å². The van der Waals surface area contributed by atoms with Gasteiger partial charge in [0.15, 0.2) is 0 Å². The Kier molecular flexibility index (Phi) is 7.12. The fourth-order valence-electron chi connectivity index (χ4n) is 2.70. The largest absolute Gasteiger partial charge is 0.399 e. The first kappa shape index (κ1) is 19.8. The molecule has 6 nitrogen and oxygen atoms in total. The topological polar surface area (TPSA) is 94.0 Å². The van der Waals surface area contributed by atoms with Crippen LogP contribution < -0.4 is 16.4 Å². The Labute approximate surface area is 170 Å². The molecular weight excluding hydrogens is 360 g/mol. The Hall–Kier alpha value is -3.93. The molecule has 0 bridgehead atoms. The van der Waals surface area contributed by atoms with Crippen molar-refractivity contribution in [2.45, 2.75) is 13.1 Å². The molecule has 0 saturated heterocycles. The van der Waals surface area contributed by atoms with Crippen LogP contribution >= 0.6 is 0 Å². The average molecular weight is 384 g/mol. The zero-order chi connectivity index (χ0) is 20.3. The minimum atomic E-state index is 0.692. The van der Waals surface area contributed by atoms with E-state index < -0.39 is 0 Å². The zero-order valence-corrected chi connectivity index (χ0v) is 16.1. The molecule has 4 rings (SSSR count). The maximum atomic E-state index is 5.37. The third-order valence-electron chi connectivity index (χ3n) is 4.13. The first-order chi connectivity index (χ1) is 14.2. The molecule has 29 heavy (non-hydrogen) atoms. The van der Waals surface area contributed by atoms with Crippen molar-refractivity contribution < 1.29 is 0 Å². The van der Waals surface area contributed by atoms with E-state index in [9.17, 15) is 0 Å². The summed E-state index contributed by atoms with van der Waals surface area (Å²) >= 11 is 0. The molecule has 1 heterocycles. The van der Waals surface area contributed by atoms with Crippen molar-refractivity contribution >= 4 is 17.3 Å². The number of benzene rings is 3. The molecule has 0 unspecified atom stereocenters. The lowest BCUT2D eigenvalue weighted by atomic mass is 10.2. The summed E-state index contributed by atoms with van der Waals surface area (Å²) in [6.07, 6.45) is 3.07. The Morgan fingerprint density at radius 1 is 0.586 bits per heavy atom. The van der Waals surface area contributed by atoms with Crippen LogP contribution in [0.2, 0.25) is 0 Å². The molecule has 4 aromatic rings. The second-order valence-electron chi connectivity index (χ2n) is 6.43. The monoisotopic (exact) mass is 384 g/mol. The number of rotatable bonds is 5. The highest BCUT2D eigenvalue weighted by molar-refractivity contribution is 5.47. The lowest BCUT2D eigenvalue weighted by Crippen LogP contribution is -2.24. The molecule has 0 aliphatic carbocycles. The maximum absolute atomic E-state index is 5.37. The van der Waals surface area contributed by atoms with E-state index in [-0.39, 0.29) is 0 Å². The molecule has 146 valence electrons. The highest BCUT2D eigenvalue weighted by Crippen LogP contribution is 2.15. The zero-order valence-electron chi connectivity index (χ0n) is 16.1. The Morgan fingerprint density at radius 3 is 1.41 bits per heavy atom. The second kappa shape index (κ2) is 10.4. The number of aromatic nitrogens is 3. The van der Waals surface area contributed by atoms with Crippen molar-refractivity contribution in [1.29, 1.82) is 0 Å². The van der Waals surface area contributed by atoms with Gasteiger partial charge in [-0.25, -0.2) is 15.0 Å². The SMILES string of the molecule is Nc1ccc(N)cc1.c1ccc(CN(Cc2ccccc2)c2ncncn2)cc1.